The molecule has 1 aromatic rings. The Morgan fingerprint density at radius 2 is 2.20 bits per heavy atom. The van der Waals surface area contributed by atoms with E-state index in [2.05, 4.69) is 16.8 Å². The van der Waals surface area contributed by atoms with E-state index in [4.69, 9.17) is 4.74 Å². The van der Waals surface area contributed by atoms with Crippen molar-refractivity contribution in [3.8, 4) is 0 Å². The van der Waals surface area contributed by atoms with E-state index in [0.29, 0.717) is 19.7 Å². The van der Waals surface area contributed by atoms with Crippen molar-refractivity contribution in [2.45, 2.75) is 13.0 Å². The van der Waals surface area contributed by atoms with Crippen LogP contribution in [0.3, 0.4) is 0 Å². The second-order valence-corrected chi connectivity index (χ2v) is 4.91. The van der Waals surface area contributed by atoms with E-state index in [1.54, 1.807) is 0 Å². The van der Waals surface area contributed by atoms with Crippen LogP contribution in [0.2, 0.25) is 0 Å². The van der Waals surface area contributed by atoms with Gasteiger partial charge in [0.15, 0.2) is 0 Å². The third kappa shape index (κ3) is 3.68. The van der Waals surface area contributed by atoms with Gasteiger partial charge in [0.1, 0.15) is 6.04 Å². The first-order valence-electron chi connectivity index (χ1n) is 7.07. The normalized spacial score (nSPS) is 19.6. The Hall–Kier alpha value is -1.65. The van der Waals surface area contributed by atoms with Crippen LogP contribution < -0.4 is 5.32 Å². The number of nitrogens with one attached hydrogen (secondary N) is 1. The van der Waals surface area contributed by atoms with E-state index in [1.165, 1.54) is 0 Å². The molecule has 1 saturated heterocycles. The van der Waals surface area contributed by atoms with Crippen LogP contribution >= 0.6 is 0 Å². The molecule has 20 heavy (non-hydrogen) atoms. The number of esters is 1. The molecule has 0 spiro atoms. The highest BCUT2D eigenvalue weighted by molar-refractivity contribution is 5.77. The number of rotatable bonds is 5. The summed E-state index contributed by atoms with van der Waals surface area (Å²) in [6.45, 7) is 9.44. The number of nitrogens with zero attached hydrogens (tertiary/aromatic N) is 1. The molecule has 0 aromatic heterocycles. The zero-order chi connectivity index (χ0) is 14.4. The van der Waals surface area contributed by atoms with Crippen LogP contribution in [0.4, 0.5) is 0 Å². The minimum absolute atomic E-state index is 0.152. The van der Waals surface area contributed by atoms with Gasteiger partial charge in [0.2, 0.25) is 0 Å². The summed E-state index contributed by atoms with van der Waals surface area (Å²) < 4.78 is 5.15. The second kappa shape index (κ2) is 7.22. The van der Waals surface area contributed by atoms with Crippen molar-refractivity contribution in [1.82, 2.24) is 10.2 Å². The zero-order valence-electron chi connectivity index (χ0n) is 12.0. The van der Waals surface area contributed by atoms with Gasteiger partial charge in [-0.25, -0.2) is 0 Å². The van der Waals surface area contributed by atoms with Crippen molar-refractivity contribution in [3.05, 3.63) is 42.5 Å². The van der Waals surface area contributed by atoms with Gasteiger partial charge < -0.3 is 10.1 Å². The molecule has 2 rings (SSSR count). The maximum absolute atomic E-state index is 12.0. The maximum atomic E-state index is 12.0. The number of piperazine rings is 1. The van der Waals surface area contributed by atoms with E-state index >= 15 is 0 Å². The van der Waals surface area contributed by atoms with Crippen molar-refractivity contribution in [3.63, 3.8) is 0 Å². The first-order valence-corrected chi connectivity index (χ1v) is 7.07. The minimum atomic E-state index is -0.218. The number of hydrogen-bond acceptors (Lipinski definition) is 4. The van der Waals surface area contributed by atoms with Crippen LogP contribution in [-0.2, 0) is 9.53 Å². The molecular weight excluding hydrogens is 252 g/mol. The van der Waals surface area contributed by atoms with Crippen LogP contribution in [0.25, 0.3) is 5.57 Å². The molecule has 0 amide bonds. The molecule has 4 nitrogen and oxygen atoms in total. The Bertz CT molecular complexity index is 459. The van der Waals surface area contributed by atoms with Crippen molar-refractivity contribution in [2.24, 2.45) is 0 Å². The predicted octanol–water partition coefficient (Wildman–Crippen LogP) is 1.54. The first kappa shape index (κ1) is 14.8. The van der Waals surface area contributed by atoms with Crippen LogP contribution in [0.1, 0.15) is 12.5 Å². The molecule has 0 saturated carbocycles. The highest BCUT2D eigenvalue weighted by Crippen LogP contribution is 2.16. The highest BCUT2D eigenvalue weighted by Gasteiger charge is 2.29. The van der Waals surface area contributed by atoms with Crippen molar-refractivity contribution < 1.29 is 9.53 Å². The fraction of sp³-hybridized carbons (Fsp3) is 0.438. The van der Waals surface area contributed by atoms with Gasteiger partial charge >= 0.3 is 5.97 Å². The molecule has 0 bridgehead atoms. The lowest BCUT2D eigenvalue weighted by Gasteiger charge is -2.34. The molecule has 1 atom stereocenters. The van der Waals surface area contributed by atoms with Gasteiger partial charge in [-0.05, 0) is 18.1 Å². The van der Waals surface area contributed by atoms with Crippen molar-refractivity contribution in [2.75, 3.05) is 32.8 Å². The van der Waals surface area contributed by atoms with E-state index in [1.807, 2.05) is 37.3 Å². The quantitative estimate of drug-likeness (QED) is 0.827. The smallest absolute Gasteiger partial charge is 0.324 e. The number of hydrogen-bond donors (Lipinski definition) is 1. The monoisotopic (exact) mass is 274 g/mol. The molecule has 1 heterocycles. The molecule has 4 heteroatoms. The topological polar surface area (TPSA) is 41.6 Å². The molecule has 0 aliphatic carbocycles. The summed E-state index contributed by atoms with van der Waals surface area (Å²) in [5.41, 5.74) is 2.15. The Balaban J connectivity index is 2.02. The number of carbonyl (C=O) groups is 1. The summed E-state index contributed by atoms with van der Waals surface area (Å²) in [7, 11) is 0. The van der Waals surface area contributed by atoms with E-state index in [-0.39, 0.29) is 12.0 Å². The lowest BCUT2D eigenvalue weighted by Crippen LogP contribution is -2.55. The Morgan fingerprint density at radius 1 is 1.45 bits per heavy atom. The number of ether oxygens (including phenoxy) is 1. The average molecular weight is 274 g/mol. The summed E-state index contributed by atoms with van der Waals surface area (Å²) in [5, 5.41) is 3.24. The van der Waals surface area contributed by atoms with Crippen LogP contribution in [0, 0.1) is 0 Å². The van der Waals surface area contributed by atoms with Crippen molar-refractivity contribution >= 4 is 11.5 Å². The van der Waals surface area contributed by atoms with Gasteiger partial charge in [-0.15, -0.1) is 0 Å². The molecule has 1 fully saturated rings. The van der Waals surface area contributed by atoms with Gasteiger partial charge in [-0.3, -0.25) is 9.69 Å². The van der Waals surface area contributed by atoms with Gasteiger partial charge in [-0.2, -0.15) is 0 Å². The summed E-state index contributed by atoms with van der Waals surface area (Å²) in [4.78, 5) is 14.1. The molecule has 108 valence electrons. The summed E-state index contributed by atoms with van der Waals surface area (Å²) in [5.74, 6) is -0.152. The molecular formula is C16H22N2O2. The number of carbonyl (C=O) groups excluding carboxylic acids is 1. The standard InChI is InChI=1S/C16H22N2O2/c1-3-20-16(19)15-11-17-9-10-18(15)12-13(2)14-7-5-4-6-8-14/h4-8,15,17H,2-3,9-12H2,1H3. The lowest BCUT2D eigenvalue weighted by molar-refractivity contribution is -0.149. The fourth-order valence-corrected chi connectivity index (χ4v) is 2.42. The number of benzene rings is 1. The molecule has 1 aliphatic heterocycles. The van der Waals surface area contributed by atoms with E-state index < -0.39 is 0 Å². The average Bonchev–Trinajstić information content (AvgIpc) is 2.49. The van der Waals surface area contributed by atoms with Gasteiger partial charge in [0, 0.05) is 26.2 Å². The zero-order valence-corrected chi connectivity index (χ0v) is 12.0. The SMILES string of the molecule is C=C(CN1CCNCC1C(=O)OCC)c1ccccc1. The van der Waals surface area contributed by atoms with Crippen molar-refractivity contribution in [1.29, 1.82) is 0 Å². The summed E-state index contributed by atoms with van der Waals surface area (Å²) >= 11 is 0. The predicted molar refractivity (Wildman–Crippen MR) is 80.3 cm³/mol. The lowest BCUT2D eigenvalue weighted by atomic mass is 10.1. The fourth-order valence-electron chi connectivity index (χ4n) is 2.42. The second-order valence-electron chi connectivity index (χ2n) is 4.91. The van der Waals surface area contributed by atoms with Gasteiger partial charge in [0.05, 0.1) is 6.61 Å². The van der Waals surface area contributed by atoms with Crippen LogP contribution in [0.15, 0.2) is 36.9 Å². The molecule has 1 N–H and O–H groups in total. The molecule has 1 aliphatic rings. The Kier molecular flexibility index (Phi) is 5.32. The minimum Gasteiger partial charge on any atom is -0.465 e. The largest absolute Gasteiger partial charge is 0.465 e. The van der Waals surface area contributed by atoms with Gasteiger partial charge in [0.25, 0.3) is 0 Å². The van der Waals surface area contributed by atoms with E-state index in [9.17, 15) is 4.79 Å². The van der Waals surface area contributed by atoms with Gasteiger partial charge in [-0.1, -0.05) is 36.9 Å². The highest BCUT2D eigenvalue weighted by atomic mass is 16.5. The molecule has 0 radical (unpaired) electrons. The maximum Gasteiger partial charge on any atom is 0.324 e. The molecule has 1 aromatic carbocycles. The molecule has 1 unspecified atom stereocenters. The third-order valence-electron chi connectivity index (χ3n) is 3.49. The van der Waals surface area contributed by atoms with E-state index in [0.717, 1.165) is 24.2 Å². The summed E-state index contributed by atoms with van der Waals surface area (Å²) in [6, 6.07) is 9.86. The summed E-state index contributed by atoms with van der Waals surface area (Å²) in [6.07, 6.45) is 0. The van der Waals surface area contributed by atoms with Crippen LogP contribution in [-0.4, -0.2) is 49.7 Å². The third-order valence-corrected chi connectivity index (χ3v) is 3.49. The first-order chi connectivity index (χ1) is 9.72. The Morgan fingerprint density at radius 3 is 2.90 bits per heavy atom. The Labute approximate surface area is 120 Å². The van der Waals surface area contributed by atoms with Crippen LogP contribution in [0.5, 0.6) is 0 Å².